The van der Waals surface area contributed by atoms with Crippen LogP contribution in [0.5, 0.6) is 0 Å². The van der Waals surface area contributed by atoms with E-state index < -0.39 is 9.84 Å². The lowest BCUT2D eigenvalue weighted by Gasteiger charge is -2.37. The Balaban J connectivity index is 1.83. The lowest BCUT2D eigenvalue weighted by Crippen LogP contribution is -2.44. The summed E-state index contributed by atoms with van der Waals surface area (Å²) in [6.45, 7) is 0. The van der Waals surface area contributed by atoms with Crippen molar-refractivity contribution < 1.29 is 13.2 Å². The van der Waals surface area contributed by atoms with Crippen LogP contribution in [-0.2, 0) is 14.6 Å². The van der Waals surface area contributed by atoms with Gasteiger partial charge in [0.05, 0.1) is 17.5 Å². The molecule has 2 N–H and O–H groups in total. The highest BCUT2D eigenvalue weighted by molar-refractivity contribution is 7.91. The molecular weight excluding hydrogens is 226 g/mol. The molecule has 16 heavy (non-hydrogen) atoms. The fourth-order valence-electron chi connectivity index (χ4n) is 2.60. The molecule has 2 saturated carbocycles. The number of hydrogen-bond donors (Lipinski definition) is 1. The van der Waals surface area contributed by atoms with Crippen LogP contribution in [0.15, 0.2) is 0 Å². The summed E-state index contributed by atoms with van der Waals surface area (Å²) in [5.41, 5.74) is 5.69. The van der Waals surface area contributed by atoms with Crippen molar-refractivity contribution in [2.75, 3.05) is 6.26 Å². The molecule has 2 atom stereocenters. The zero-order valence-electron chi connectivity index (χ0n) is 9.76. The molecule has 0 heterocycles. The zero-order chi connectivity index (χ0) is 11.8. The van der Waals surface area contributed by atoms with Gasteiger partial charge in [0.2, 0.25) is 0 Å². The third kappa shape index (κ3) is 2.96. The first-order valence-corrected chi connectivity index (χ1v) is 8.00. The Kier molecular flexibility index (Phi) is 3.56. The second-order valence-corrected chi connectivity index (χ2v) is 7.56. The highest BCUT2D eigenvalue weighted by Crippen LogP contribution is 2.30. The fraction of sp³-hybridized carbons (Fsp3) is 1.00. The smallest absolute Gasteiger partial charge is 0.150 e. The monoisotopic (exact) mass is 247 g/mol. The van der Waals surface area contributed by atoms with E-state index in [4.69, 9.17) is 10.5 Å². The van der Waals surface area contributed by atoms with Crippen LogP contribution >= 0.6 is 0 Å². The second kappa shape index (κ2) is 4.63. The van der Waals surface area contributed by atoms with Gasteiger partial charge < -0.3 is 10.5 Å². The number of ether oxygens (including phenoxy) is 1. The largest absolute Gasteiger partial charge is 0.375 e. The van der Waals surface area contributed by atoms with Gasteiger partial charge in [-0.1, -0.05) is 0 Å². The first kappa shape index (κ1) is 12.3. The third-order valence-corrected chi connectivity index (χ3v) is 5.34. The molecule has 0 radical (unpaired) electrons. The van der Waals surface area contributed by atoms with Crippen molar-refractivity contribution in [2.24, 2.45) is 5.73 Å². The van der Waals surface area contributed by atoms with Crippen LogP contribution in [0.2, 0.25) is 0 Å². The van der Waals surface area contributed by atoms with Gasteiger partial charge in [-0.3, -0.25) is 0 Å². The molecule has 5 heteroatoms. The topological polar surface area (TPSA) is 69.4 Å². The van der Waals surface area contributed by atoms with Crippen molar-refractivity contribution in [1.82, 2.24) is 0 Å². The molecule has 0 spiro atoms. The number of hydrogen-bond acceptors (Lipinski definition) is 4. The lowest BCUT2D eigenvalue weighted by atomic mass is 9.89. The molecule has 0 aromatic heterocycles. The van der Waals surface area contributed by atoms with Crippen molar-refractivity contribution in [3.8, 4) is 0 Å². The Labute approximate surface area is 97.5 Å². The normalized spacial score (nSPS) is 40.4. The molecule has 2 fully saturated rings. The van der Waals surface area contributed by atoms with Crippen LogP contribution in [0.1, 0.15) is 38.5 Å². The fourth-order valence-corrected chi connectivity index (χ4v) is 3.76. The van der Waals surface area contributed by atoms with Crippen LogP contribution < -0.4 is 5.73 Å². The first-order valence-electron chi connectivity index (χ1n) is 6.05. The Morgan fingerprint density at radius 2 is 1.81 bits per heavy atom. The SMILES string of the molecule is CS(=O)(=O)C1CCCC(OC2CC(N)C2)C1. The van der Waals surface area contributed by atoms with Crippen LogP contribution in [0, 0.1) is 0 Å². The minimum Gasteiger partial charge on any atom is -0.375 e. The highest BCUT2D eigenvalue weighted by Gasteiger charge is 2.34. The van der Waals surface area contributed by atoms with Crippen LogP contribution in [0.3, 0.4) is 0 Å². The molecule has 2 rings (SSSR count). The van der Waals surface area contributed by atoms with E-state index in [9.17, 15) is 8.42 Å². The average Bonchev–Trinajstić information content (AvgIpc) is 2.14. The van der Waals surface area contributed by atoms with E-state index in [2.05, 4.69) is 0 Å². The second-order valence-electron chi connectivity index (χ2n) is 5.23. The van der Waals surface area contributed by atoms with E-state index in [0.29, 0.717) is 12.5 Å². The molecule has 2 aliphatic rings. The number of nitrogens with two attached hydrogens (primary N) is 1. The summed E-state index contributed by atoms with van der Waals surface area (Å²) in [6, 6.07) is 0.291. The Morgan fingerprint density at radius 1 is 1.12 bits per heavy atom. The van der Waals surface area contributed by atoms with Crippen LogP contribution in [0.25, 0.3) is 0 Å². The third-order valence-electron chi connectivity index (χ3n) is 3.70. The average molecular weight is 247 g/mol. The van der Waals surface area contributed by atoms with Crippen molar-refractivity contribution in [2.45, 2.75) is 62.0 Å². The van der Waals surface area contributed by atoms with E-state index in [1.54, 1.807) is 0 Å². The minimum atomic E-state index is -2.90. The highest BCUT2D eigenvalue weighted by atomic mass is 32.2. The molecule has 2 unspecified atom stereocenters. The van der Waals surface area contributed by atoms with Gasteiger partial charge in [0.1, 0.15) is 9.84 Å². The van der Waals surface area contributed by atoms with Gasteiger partial charge >= 0.3 is 0 Å². The van der Waals surface area contributed by atoms with E-state index in [0.717, 1.165) is 32.1 Å². The van der Waals surface area contributed by atoms with E-state index in [-0.39, 0.29) is 17.5 Å². The van der Waals surface area contributed by atoms with E-state index in [1.165, 1.54) is 6.26 Å². The van der Waals surface area contributed by atoms with Crippen LogP contribution in [0.4, 0.5) is 0 Å². The number of rotatable bonds is 3. The molecule has 0 aromatic carbocycles. The summed E-state index contributed by atoms with van der Waals surface area (Å²) in [5, 5.41) is -0.194. The summed E-state index contributed by atoms with van der Waals surface area (Å²) in [5.74, 6) is 0. The van der Waals surface area contributed by atoms with Gasteiger partial charge in [-0.2, -0.15) is 0 Å². The quantitative estimate of drug-likeness (QED) is 0.802. The predicted octanol–water partition coefficient (Wildman–Crippen LogP) is 0.848. The first-order chi connectivity index (χ1) is 7.45. The number of sulfone groups is 1. The molecule has 0 amide bonds. The van der Waals surface area contributed by atoms with E-state index >= 15 is 0 Å². The maximum atomic E-state index is 11.5. The van der Waals surface area contributed by atoms with Gasteiger partial charge in [0, 0.05) is 12.3 Å². The van der Waals surface area contributed by atoms with Crippen LogP contribution in [-0.4, -0.2) is 38.2 Å². The van der Waals surface area contributed by atoms with Crippen molar-refractivity contribution in [3.05, 3.63) is 0 Å². The maximum absolute atomic E-state index is 11.5. The van der Waals surface area contributed by atoms with Crippen molar-refractivity contribution in [1.29, 1.82) is 0 Å². The van der Waals surface area contributed by atoms with Gasteiger partial charge in [0.25, 0.3) is 0 Å². The molecule has 4 nitrogen and oxygen atoms in total. The Morgan fingerprint density at radius 3 is 2.38 bits per heavy atom. The Bertz CT molecular complexity index is 335. The summed E-state index contributed by atoms with van der Waals surface area (Å²) in [4.78, 5) is 0. The van der Waals surface area contributed by atoms with Gasteiger partial charge in [-0.15, -0.1) is 0 Å². The van der Waals surface area contributed by atoms with Gasteiger partial charge in [0.15, 0.2) is 0 Å². The Hall–Kier alpha value is -0.130. The maximum Gasteiger partial charge on any atom is 0.150 e. The molecule has 0 bridgehead atoms. The minimum absolute atomic E-state index is 0.131. The summed E-state index contributed by atoms with van der Waals surface area (Å²) >= 11 is 0. The zero-order valence-corrected chi connectivity index (χ0v) is 10.6. The molecule has 2 aliphatic carbocycles. The summed E-state index contributed by atoms with van der Waals surface area (Å²) < 4.78 is 28.8. The predicted molar refractivity (Wildman–Crippen MR) is 63.0 cm³/mol. The molecular formula is C11H21NO3S. The van der Waals surface area contributed by atoms with E-state index in [1.807, 2.05) is 0 Å². The van der Waals surface area contributed by atoms with Gasteiger partial charge in [-0.25, -0.2) is 8.42 Å². The van der Waals surface area contributed by atoms with Crippen molar-refractivity contribution in [3.63, 3.8) is 0 Å². The van der Waals surface area contributed by atoms with Crippen molar-refractivity contribution >= 4 is 9.84 Å². The molecule has 0 aliphatic heterocycles. The van der Waals surface area contributed by atoms with Gasteiger partial charge in [-0.05, 0) is 38.5 Å². The summed E-state index contributed by atoms with van der Waals surface area (Å²) in [7, 11) is -2.90. The molecule has 94 valence electrons. The molecule has 0 aromatic rings. The molecule has 0 saturated heterocycles. The summed E-state index contributed by atoms with van der Waals surface area (Å²) in [6.07, 6.45) is 7.02. The standard InChI is InChI=1S/C11H21NO3S/c1-16(13,14)11-4-2-3-9(7-11)15-10-5-8(12)6-10/h8-11H,2-7,12H2,1H3. The lowest BCUT2D eigenvalue weighted by molar-refractivity contribution is -0.0707.